The SMILES string of the molecule is c1ccc2c(c1)cc(Cc1cccc3c1sc1ccccc13)c1ccccc12. The highest BCUT2D eigenvalue weighted by molar-refractivity contribution is 7.26. The minimum absolute atomic E-state index is 0.954. The molecule has 0 amide bonds. The van der Waals surface area contributed by atoms with Crippen molar-refractivity contribution in [1.82, 2.24) is 0 Å². The van der Waals surface area contributed by atoms with Crippen LogP contribution >= 0.6 is 11.3 Å². The van der Waals surface area contributed by atoms with E-state index in [-0.39, 0.29) is 0 Å². The molecule has 28 heavy (non-hydrogen) atoms. The van der Waals surface area contributed by atoms with E-state index in [0.29, 0.717) is 0 Å². The summed E-state index contributed by atoms with van der Waals surface area (Å²) in [6, 6.07) is 35.4. The summed E-state index contributed by atoms with van der Waals surface area (Å²) in [4.78, 5) is 0. The molecule has 0 saturated carbocycles. The first kappa shape index (κ1) is 15.9. The normalized spacial score (nSPS) is 11.7. The number of hydrogen-bond acceptors (Lipinski definition) is 1. The van der Waals surface area contributed by atoms with E-state index in [1.807, 2.05) is 11.3 Å². The van der Waals surface area contributed by atoms with Crippen LogP contribution < -0.4 is 0 Å². The van der Waals surface area contributed by atoms with Crippen molar-refractivity contribution < 1.29 is 0 Å². The van der Waals surface area contributed by atoms with Gasteiger partial charge >= 0.3 is 0 Å². The first-order valence-electron chi connectivity index (χ1n) is 9.67. The highest BCUT2D eigenvalue weighted by Crippen LogP contribution is 2.37. The van der Waals surface area contributed by atoms with Gasteiger partial charge in [-0.05, 0) is 45.2 Å². The molecule has 0 saturated heterocycles. The van der Waals surface area contributed by atoms with E-state index in [1.54, 1.807) is 0 Å². The zero-order valence-electron chi connectivity index (χ0n) is 15.4. The van der Waals surface area contributed by atoms with Gasteiger partial charge in [-0.3, -0.25) is 0 Å². The minimum atomic E-state index is 0.954. The largest absolute Gasteiger partial charge is 0.135 e. The van der Waals surface area contributed by atoms with Gasteiger partial charge in [-0.1, -0.05) is 91.0 Å². The Morgan fingerprint density at radius 1 is 0.500 bits per heavy atom. The molecule has 1 aromatic heterocycles. The average Bonchev–Trinajstić information content (AvgIpc) is 3.14. The Hall–Kier alpha value is -3.16. The Bertz CT molecular complexity index is 1490. The minimum Gasteiger partial charge on any atom is -0.135 e. The summed E-state index contributed by atoms with van der Waals surface area (Å²) < 4.78 is 2.79. The lowest BCUT2D eigenvalue weighted by molar-refractivity contribution is 1.25. The zero-order valence-corrected chi connectivity index (χ0v) is 16.2. The van der Waals surface area contributed by atoms with Crippen LogP contribution in [0.15, 0.2) is 97.1 Å². The fraction of sp³-hybridized carbons (Fsp3) is 0.0370. The van der Waals surface area contributed by atoms with Crippen molar-refractivity contribution in [2.45, 2.75) is 6.42 Å². The third kappa shape index (κ3) is 2.37. The van der Waals surface area contributed by atoms with Gasteiger partial charge in [0, 0.05) is 20.2 Å². The summed E-state index contributed by atoms with van der Waals surface area (Å²) in [6.45, 7) is 0. The van der Waals surface area contributed by atoms with E-state index in [4.69, 9.17) is 0 Å². The van der Waals surface area contributed by atoms with Crippen LogP contribution in [0.3, 0.4) is 0 Å². The van der Waals surface area contributed by atoms with E-state index in [9.17, 15) is 0 Å². The number of fused-ring (bicyclic) bond motifs is 6. The Kier molecular flexibility index (Phi) is 3.50. The van der Waals surface area contributed by atoms with Gasteiger partial charge in [0.05, 0.1) is 0 Å². The lowest BCUT2D eigenvalue weighted by Gasteiger charge is -2.11. The smallest absolute Gasteiger partial charge is 0.0390 e. The quantitative estimate of drug-likeness (QED) is 0.270. The fourth-order valence-electron chi connectivity index (χ4n) is 4.43. The van der Waals surface area contributed by atoms with Crippen molar-refractivity contribution in [3.63, 3.8) is 0 Å². The fourth-order valence-corrected chi connectivity index (χ4v) is 5.64. The number of rotatable bonds is 2. The summed E-state index contributed by atoms with van der Waals surface area (Å²) >= 11 is 1.92. The second-order valence-corrected chi connectivity index (χ2v) is 8.42. The van der Waals surface area contributed by atoms with Crippen molar-refractivity contribution in [1.29, 1.82) is 0 Å². The molecule has 6 rings (SSSR count). The highest BCUT2D eigenvalue weighted by atomic mass is 32.1. The van der Waals surface area contributed by atoms with E-state index in [1.165, 1.54) is 52.8 Å². The van der Waals surface area contributed by atoms with Crippen LogP contribution in [0.4, 0.5) is 0 Å². The molecule has 6 aromatic rings. The van der Waals surface area contributed by atoms with Gasteiger partial charge in [-0.25, -0.2) is 0 Å². The zero-order chi connectivity index (χ0) is 18.5. The lowest BCUT2D eigenvalue weighted by atomic mass is 9.93. The Balaban J connectivity index is 1.61. The number of benzene rings is 5. The molecule has 1 heterocycles. The summed E-state index contributed by atoms with van der Waals surface area (Å²) in [5.74, 6) is 0. The molecular formula is C27H18S. The van der Waals surface area contributed by atoms with Crippen LogP contribution in [0.25, 0.3) is 41.7 Å². The molecule has 132 valence electrons. The monoisotopic (exact) mass is 374 g/mol. The summed E-state index contributed by atoms with van der Waals surface area (Å²) in [5, 5.41) is 8.11. The molecular weight excluding hydrogens is 356 g/mol. The third-order valence-electron chi connectivity index (χ3n) is 5.72. The van der Waals surface area contributed by atoms with Crippen molar-refractivity contribution in [2.24, 2.45) is 0 Å². The molecule has 0 spiro atoms. The van der Waals surface area contributed by atoms with Gasteiger partial charge in [-0.2, -0.15) is 0 Å². The van der Waals surface area contributed by atoms with Crippen molar-refractivity contribution in [3.8, 4) is 0 Å². The third-order valence-corrected chi connectivity index (χ3v) is 6.98. The Morgan fingerprint density at radius 3 is 2.07 bits per heavy atom. The molecule has 5 aromatic carbocycles. The molecule has 1 heteroatoms. The summed E-state index contributed by atoms with van der Waals surface area (Å²) in [5.41, 5.74) is 2.82. The van der Waals surface area contributed by atoms with E-state index < -0.39 is 0 Å². The van der Waals surface area contributed by atoms with Gasteiger partial charge in [-0.15, -0.1) is 11.3 Å². The molecule has 0 unspecified atom stereocenters. The van der Waals surface area contributed by atoms with Crippen LogP contribution in [0.2, 0.25) is 0 Å². The molecule has 0 aliphatic rings. The summed E-state index contributed by atoms with van der Waals surface area (Å²) in [7, 11) is 0. The predicted octanol–water partition coefficient (Wildman–Crippen LogP) is 7.95. The molecule has 0 nitrogen and oxygen atoms in total. The standard InChI is InChI=1S/C27H18S/c1-2-10-21-18(8-1)16-20(22-11-3-4-12-23(21)22)17-19-9-7-14-25-24-13-5-6-15-26(24)28-27(19)25/h1-16H,17H2. The van der Waals surface area contributed by atoms with Crippen LogP contribution in [-0.2, 0) is 6.42 Å². The molecule has 0 bridgehead atoms. The van der Waals surface area contributed by atoms with Gasteiger partial charge in [0.15, 0.2) is 0 Å². The second kappa shape index (κ2) is 6.19. The Labute approximate surface area is 167 Å². The maximum atomic E-state index is 2.38. The molecule has 0 fully saturated rings. The molecule has 0 radical (unpaired) electrons. The second-order valence-electron chi connectivity index (χ2n) is 7.37. The van der Waals surface area contributed by atoms with Gasteiger partial charge in [0.2, 0.25) is 0 Å². The van der Waals surface area contributed by atoms with Crippen LogP contribution in [0.5, 0.6) is 0 Å². The maximum Gasteiger partial charge on any atom is 0.0390 e. The lowest BCUT2D eigenvalue weighted by Crippen LogP contribution is -1.91. The van der Waals surface area contributed by atoms with Gasteiger partial charge in [0.1, 0.15) is 0 Å². The van der Waals surface area contributed by atoms with Gasteiger partial charge in [0.25, 0.3) is 0 Å². The number of hydrogen-bond donors (Lipinski definition) is 0. The molecule has 0 atom stereocenters. The van der Waals surface area contributed by atoms with Crippen LogP contribution in [0.1, 0.15) is 11.1 Å². The molecule has 0 N–H and O–H groups in total. The van der Waals surface area contributed by atoms with E-state index in [2.05, 4.69) is 97.1 Å². The maximum absolute atomic E-state index is 2.38. The first-order chi connectivity index (χ1) is 13.9. The number of thiophene rings is 1. The molecule has 0 aliphatic carbocycles. The average molecular weight is 375 g/mol. The van der Waals surface area contributed by atoms with Crippen LogP contribution in [-0.4, -0.2) is 0 Å². The highest BCUT2D eigenvalue weighted by Gasteiger charge is 2.11. The van der Waals surface area contributed by atoms with Crippen molar-refractivity contribution in [2.75, 3.05) is 0 Å². The predicted molar refractivity (Wildman–Crippen MR) is 124 cm³/mol. The van der Waals surface area contributed by atoms with E-state index in [0.717, 1.165) is 6.42 Å². The summed E-state index contributed by atoms with van der Waals surface area (Å²) in [6.07, 6.45) is 0.954. The van der Waals surface area contributed by atoms with E-state index >= 15 is 0 Å². The van der Waals surface area contributed by atoms with Crippen molar-refractivity contribution in [3.05, 3.63) is 108 Å². The topological polar surface area (TPSA) is 0 Å². The van der Waals surface area contributed by atoms with Crippen molar-refractivity contribution >= 4 is 53.1 Å². The Morgan fingerprint density at radius 2 is 1.18 bits per heavy atom. The van der Waals surface area contributed by atoms with Gasteiger partial charge < -0.3 is 0 Å². The molecule has 0 aliphatic heterocycles. The first-order valence-corrected chi connectivity index (χ1v) is 10.5. The van der Waals surface area contributed by atoms with Crippen LogP contribution in [0, 0.1) is 0 Å².